The first-order chi connectivity index (χ1) is 11.2. The Morgan fingerprint density at radius 2 is 1.88 bits per heavy atom. The molecule has 1 aliphatic rings. The molecule has 2 amide bonds. The van der Waals surface area contributed by atoms with E-state index in [1.165, 1.54) is 12.1 Å². The van der Waals surface area contributed by atoms with Crippen LogP contribution < -0.4 is 16.6 Å². The van der Waals surface area contributed by atoms with E-state index in [1.54, 1.807) is 6.92 Å². The van der Waals surface area contributed by atoms with Gasteiger partial charge in [-0.2, -0.15) is 0 Å². The van der Waals surface area contributed by atoms with Crippen molar-refractivity contribution < 1.29 is 14.5 Å². The number of hydrogen-bond acceptors (Lipinski definition) is 6. The van der Waals surface area contributed by atoms with Crippen LogP contribution in [0.25, 0.3) is 5.69 Å². The molecular formula is C14H9BrN4O5. The molecule has 1 aromatic heterocycles. The molecule has 0 atom stereocenters. The normalized spacial score (nSPS) is 12.9. The number of hydrogen-bond donors (Lipinski definition) is 2. The Morgan fingerprint density at radius 3 is 2.50 bits per heavy atom. The van der Waals surface area contributed by atoms with Gasteiger partial charge in [-0.3, -0.25) is 34.4 Å². The van der Waals surface area contributed by atoms with Crippen molar-refractivity contribution in [2.24, 2.45) is 0 Å². The number of nitrogens with zero attached hydrogens (tertiary/aromatic N) is 2. The number of carbonyl (C=O) groups is 2. The molecule has 10 heteroatoms. The number of aromatic nitrogens is 1. The Hall–Kier alpha value is -3.01. The molecule has 9 nitrogen and oxygen atoms in total. The van der Waals surface area contributed by atoms with Crippen LogP contribution in [-0.2, 0) is 0 Å². The summed E-state index contributed by atoms with van der Waals surface area (Å²) >= 11 is 3.09. The third-order valence-electron chi connectivity index (χ3n) is 3.66. The van der Waals surface area contributed by atoms with Gasteiger partial charge in [-0.05, 0) is 34.5 Å². The summed E-state index contributed by atoms with van der Waals surface area (Å²) in [5.74, 6) is -1.67. The van der Waals surface area contributed by atoms with Gasteiger partial charge in [0.2, 0.25) is 0 Å². The van der Waals surface area contributed by atoms with Gasteiger partial charge in [-0.15, -0.1) is 0 Å². The molecule has 0 saturated carbocycles. The third kappa shape index (κ3) is 2.19. The van der Waals surface area contributed by atoms with Gasteiger partial charge in [0.05, 0.1) is 26.2 Å². The monoisotopic (exact) mass is 392 g/mol. The molecule has 0 spiro atoms. The van der Waals surface area contributed by atoms with Crippen molar-refractivity contribution >= 4 is 39.2 Å². The van der Waals surface area contributed by atoms with Gasteiger partial charge in [0.15, 0.2) is 0 Å². The summed E-state index contributed by atoms with van der Waals surface area (Å²) < 4.78 is 1.22. The van der Waals surface area contributed by atoms with E-state index in [0.29, 0.717) is 5.56 Å². The van der Waals surface area contributed by atoms with Crippen molar-refractivity contribution in [3.05, 3.63) is 59.8 Å². The van der Waals surface area contributed by atoms with Crippen LogP contribution in [0, 0.1) is 17.0 Å². The first kappa shape index (κ1) is 15.9. The van der Waals surface area contributed by atoms with Gasteiger partial charge < -0.3 is 5.73 Å². The van der Waals surface area contributed by atoms with E-state index in [1.807, 2.05) is 0 Å². The lowest BCUT2D eigenvalue weighted by atomic mass is 10.1. The van der Waals surface area contributed by atoms with Crippen molar-refractivity contribution in [3.63, 3.8) is 0 Å². The van der Waals surface area contributed by atoms with Gasteiger partial charge >= 0.3 is 0 Å². The van der Waals surface area contributed by atoms with Crippen molar-refractivity contribution in [2.45, 2.75) is 6.92 Å². The lowest BCUT2D eigenvalue weighted by Gasteiger charge is -2.14. The van der Waals surface area contributed by atoms with Gasteiger partial charge in [0, 0.05) is 12.1 Å². The molecule has 0 bridgehead atoms. The molecule has 0 saturated heterocycles. The first-order valence-electron chi connectivity index (χ1n) is 6.58. The number of rotatable bonds is 2. The minimum absolute atomic E-state index is 0.108. The molecule has 24 heavy (non-hydrogen) atoms. The molecular weight excluding hydrogens is 384 g/mol. The van der Waals surface area contributed by atoms with Crippen molar-refractivity contribution in [1.82, 2.24) is 9.88 Å². The van der Waals surface area contributed by atoms with E-state index in [-0.39, 0.29) is 32.8 Å². The highest BCUT2D eigenvalue weighted by Gasteiger charge is 2.32. The number of aryl methyl sites for hydroxylation is 1. The second-order valence-corrected chi connectivity index (χ2v) is 5.98. The highest BCUT2D eigenvalue weighted by atomic mass is 79.9. The molecule has 2 heterocycles. The zero-order valence-corrected chi connectivity index (χ0v) is 13.7. The maximum atomic E-state index is 12.4. The predicted molar refractivity (Wildman–Crippen MR) is 87.3 cm³/mol. The number of pyridine rings is 1. The number of carbonyl (C=O) groups excluding carboxylic acids is 2. The van der Waals surface area contributed by atoms with Crippen LogP contribution in [0.3, 0.4) is 0 Å². The third-order valence-corrected chi connectivity index (χ3v) is 4.29. The van der Waals surface area contributed by atoms with Crippen LogP contribution in [0.2, 0.25) is 0 Å². The molecule has 3 rings (SSSR count). The largest absolute Gasteiger partial charge is 0.384 e. The topological polar surface area (TPSA) is 137 Å². The van der Waals surface area contributed by atoms with E-state index >= 15 is 0 Å². The van der Waals surface area contributed by atoms with E-state index in [4.69, 9.17) is 5.73 Å². The minimum atomic E-state index is -0.717. The number of anilines is 1. The Morgan fingerprint density at radius 1 is 1.21 bits per heavy atom. The highest BCUT2D eigenvalue weighted by Crippen LogP contribution is 2.31. The summed E-state index contributed by atoms with van der Waals surface area (Å²) in [6, 6.07) is 3.63. The van der Waals surface area contributed by atoms with Crippen molar-refractivity contribution in [3.8, 4) is 5.69 Å². The number of nitrogen functional groups attached to an aromatic ring is 1. The van der Waals surface area contributed by atoms with Gasteiger partial charge in [0.25, 0.3) is 23.1 Å². The predicted octanol–water partition coefficient (Wildman–Crippen LogP) is 1.28. The average molecular weight is 393 g/mol. The molecule has 0 unspecified atom stereocenters. The van der Waals surface area contributed by atoms with Crippen LogP contribution in [0.15, 0.2) is 27.5 Å². The molecule has 122 valence electrons. The average Bonchev–Trinajstić information content (AvgIpc) is 2.75. The smallest absolute Gasteiger partial charge is 0.285 e. The van der Waals surface area contributed by atoms with Crippen LogP contribution in [0.5, 0.6) is 0 Å². The lowest BCUT2D eigenvalue weighted by molar-refractivity contribution is -0.385. The van der Waals surface area contributed by atoms with Crippen LogP contribution in [0.1, 0.15) is 26.3 Å². The number of imide groups is 1. The molecule has 0 fully saturated rings. The molecule has 3 N–H and O–H groups in total. The summed E-state index contributed by atoms with van der Waals surface area (Å²) in [7, 11) is 0. The zero-order valence-electron chi connectivity index (χ0n) is 12.1. The fourth-order valence-corrected chi connectivity index (χ4v) is 3.16. The zero-order chi connectivity index (χ0) is 17.8. The molecule has 1 aromatic carbocycles. The number of fused-ring (bicyclic) bond motifs is 1. The Balaban J connectivity index is 2.37. The van der Waals surface area contributed by atoms with E-state index < -0.39 is 22.3 Å². The fourth-order valence-electron chi connectivity index (χ4n) is 2.56. The highest BCUT2D eigenvalue weighted by molar-refractivity contribution is 9.10. The number of nitro groups is 1. The SMILES string of the molecule is Cc1cc(Br)c([N+](=O)[O-])cc1-n1c(N)c2c(cc1=O)C(=O)NC2=O. The molecule has 0 aliphatic carbocycles. The summed E-state index contributed by atoms with van der Waals surface area (Å²) in [4.78, 5) is 46.4. The second-order valence-electron chi connectivity index (χ2n) is 5.12. The minimum Gasteiger partial charge on any atom is -0.384 e. The standard InChI is InChI=1S/C14H9BrN4O5/c1-5-2-7(15)9(19(23)24)4-8(5)18-10(20)3-6-11(12(18)16)14(22)17-13(6)21/h2-4H,16H2,1H3,(H,17,21,22). The Labute approximate surface area is 142 Å². The molecule has 0 radical (unpaired) electrons. The first-order valence-corrected chi connectivity index (χ1v) is 7.37. The lowest BCUT2D eigenvalue weighted by Crippen LogP contribution is -2.24. The summed E-state index contributed by atoms with van der Waals surface area (Å²) in [6.45, 7) is 1.63. The fraction of sp³-hybridized carbons (Fsp3) is 0.0714. The number of nitrogens with two attached hydrogens (primary N) is 1. The number of nitrogens with one attached hydrogen (secondary N) is 1. The number of amides is 2. The Kier molecular flexibility index (Phi) is 3.48. The van der Waals surface area contributed by atoms with E-state index in [9.17, 15) is 24.5 Å². The van der Waals surface area contributed by atoms with Crippen LogP contribution in [-0.4, -0.2) is 21.3 Å². The van der Waals surface area contributed by atoms with Crippen LogP contribution in [0.4, 0.5) is 11.5 Å². The van der Waals surface area contributed by atoms with Crippen molar-refractivity contribution in [1.29, 1.82) is 0 Å². The second kappa shape index (κ2) is 5.27. The van der Waals surface area contributed by atoms with Crippen molar-refractivity contribution in [2.75, 3.05) is 5.73 Å². The van der Waals surface area contributed by atoms with Gasteiger partial charge in [-0.1, -0.05) is 0 Å². The van der Waals surface area contributed by atoms with E-state index in [0.717, 1.165) is 10.6 Å². The summed E-state index contributed by atoms with van der Waals surface area (Å²) in [6.07, 6.45) is 0. The Bertz CT molecular complexity index is 1010. The maximum absolute atomic E-state index is 12.4. The molecule has 2 aromatic rings. The summed E-state index contributed by atoms with van der Waals surface area (Å²) in [5, 5.41) is 13.2. The number of benzene rings is 1. The van der Waals surface area contributed by atoms with Gasteiger partial charge in [-0.25, -0.2) is 0 Å². The molecule has 1 aliphatic heterocycles. The number of nitro benzene ring substituents is 1. The number of halogens is 1. The van der Waals surface area contributed by atoms with Gasteiger partial charge in [0.1, 0.15) is 5.82 Å². The quantitative estimate of drug-likeness (QED) is 0.448. The summed E-state index contributed by atoms with van der Waals surface area (Å²) in [5.41, 5.74) is 5.44. The van der Waals surface area contributed by atoms with E-state index in [2.05, 4.69) is 21.2 Å². The maximum Gasteiger partial charge on any atom is 0.285 e. The van der Waals surface area contributed by atoms with Crippen LogP contribution >= 0.6 is 15.9 Å².